The molecule has 0 fully saturated rings. The van der Waals surface area contributed by atoms with Crippen molar-refractivity contribution in [1.82, 2.24) is 0 Å². The number of carbonyl (C=O) groups is 2. The Hall–Kier alpha value is -1.98. The van der Waals surface area contributed by atoms with Crippen LogP contribution < -0.4 is 0 Å². The Morgan fingerprint density at radius 2 is 1.83 bits per heavy atom. The molecule has 0 saturated carbocycles. The van der Waals surface area contributed by atoms with Gasteiger partial charge in [-0.05, 0) is 6.08 Å². The van der Waals surface area contributed by atoms with Gasteiger partial charge in [0.2, 0.25) is 0 Å². The van der Waals surface area contributed by atoms with Crippen LogP contribution >= 0.6 is 0 Å². The van der Waals surface area contributed by atoms with Crippen LogP contribution in [0, 0.1) is 0 Å². The first-order valence-corrected chi connectivity index (χ1v) is 2.69. The minimum Gasteiger partial charge on any atom is -0.449 e. The van der Waals surface area contributed by atoms with Gasteiger partial charge in [0.25, 0.3) is 0 Å². The minimum atomic E-state index is -1.57. The molecular weight excluding hydrogens is 168 g/mol. The fraction of sp³-hybridized carbons (Fsp3) is 0. The van der Waals surface area contributed by atoms with Crippen LogP contribution in [0.3, 0.4) is 0 Å². The fourth-order valence-electron chi connectivity index (χ4n) is 0.323. The minimum absolute atomic E-state index is 0.301. The first-order valence-electron chi connectivity index (χ1n) is 2.69. The monoisotopic (exact) mass is 174 g/mol. The van der Waals surface area contributed by atoms with E-state index < -0.39 is 12.3 Å². The molecule has 0 bridgehead atoms. The molecule has 0 unspecified atom stereocenters. The van der Waals surface area contributed by atoms with Crippen molar-refractivity contribution in [3.8, 4) is 0 Å². The molecule has 6 heteroatoms. The van der Waals surface area contributed by atoms with Crippen LogP contribution in [-0.2, 0) is 9.47 Å². The Morgan fingerprint density at radius 3 is 2.17 bits per heavy atom. The first kappa shape index (κ1) is 10.0. The van der Waals surface area contributed by atoms with E-state index in [4.69, 9.17) is 10.2 Å². The van der Waals surface area contributed by atoms with Crippen molar-refractivity contribution in [2.75, 3.05) is 0 Å². The Labute approximate surface area is 67.3 Å². The lowest BCUT2D eigenvalue weighted by molar-refractivity contribution is 0.108. The van der Waals surface area contributed by atoms with Crippen molar-refractivity contribution in [2.45, 2.75) is 0 Å². The zero-order valence-electron chi connectivity index (χ0n) is 5.89. The zero-order valence-corrected chi connectivity index (χ0v) is 5.89. The summed E-state index contributed by atoms with van der Waals surface area (Å²) >= 11 is 0. The number of hydrogen-bond acceptors (Lipinski definition) is 4. The maximum atomic E-state index is 9.90. The standard InChI is InChI=1S/C6H6O6/c1-2-4(12-6(9)10)3-11-5(7)8/h2-3H,1H2,(H,7,8)(H,9,10)/b4-3+. The summed E-state index contributed by atoms with van der Waals surface area (Å²) in [5, 5.41) is 16.1. The van der Waals surface area contributed by atoms with Gasteiger partial charge in [-0.25, -0.2) is 9.59 Å². The van der Waals surface area contributed by atoms with Crippen LogP contribution in [0.1, 0.15) is 0 Å². The summed E-state index contributed by atoms with van der Waals surface area (Å²) in [6.45, 7) is 3.16. The average molecular weight is 174 g/mol. The number of carboxylic acid groups (broad SMARTS) is 2. The summed E-state index contributed by atoms with van der Waals surface area (Å²) in [6.07, 6.45) is -1.53. The fourth-order valence-corrected chi connectivity index (χ4v) is 0.323. The highest BCUT2D eigenvalue weighted by atomic mass is 16.7. The van der Waals surface area contributed by atoms with Gasteiger partial charge in [-0.1, -0.05) is 6.58 Å². The lowest BCUT2D eigenvalue weighted by atomic mass is 10.5. The molecule has 2 N–H and O–H groups in total. The van der Waals surface area contributed by atoms with Crippen molar-refractivity contribution in [3.05, 3.63) is 24.7 Å². The molecule has 0 aliphatic carbocycles. The van der Waals surface area contributed by atoms with E-state index in [-0.39, 0.29) is 5.76 Å². The zero-order chi connectivity index (χ0) is 9.56. The molecule has 12 heavy (non-hydrogen) atoms. The lowest BCUT2D eigenvalue weighted by Gasteiger charge is -1.97. The summed E-state index contributed by atoms with van der Waals surface area (Å²) in [4.78, 5) is 19.7. The maximum Gasteiger partial charge on any atom is 0.511 e. The van der Waals surface area contributed by atoms with Gasteiger partial charge in [-0.3, -0.25) is 0 Å². The molecule has 0 rings (SSSR count). The van der Waals surface area contributed by atoms with Crippen molar-refractivity contribution in [1.29, 1.82) is 0 Å². The van der Waals surface area contributed by atoms with E-state index in [0.717, 1.165) is 6.08 Å². The molecule has 0 amide bonds. The smallest absolute Gasteiger partial charge is 0.449 e. The Kier molecular flexibility index (Phi) is 3.99. The number of hydrogen-bond donors (Lipinski definition) is 2. The third-order valence-electron chi connectivity index (χ3n) is 0.682. The summed E-state index contributed by atoms with van der Waals surface area (Å²) in [6, 6.07) is 0. The van der Waals surface area contributed by atoms with Gasteiger partial charge in [0, 0.05) is 0 Å². The van der Waals surface area contributed by atoms with Gasteiger partial charge >= 0.3 is 12.3 Å². The summed E-state index contributed by atoms with van der Waals surface area (Å²) in [5.74, 6) is -0.301. The number of rotatable bonds is 3. The van der Waals surface area contributed by atoms with Crippen LogP contribution in [-0.4, -0.2) is 22.5 Å². The molecule has 0 aromatic heterocycles. The third-order valence-corrected chi connectivity index (χ3v) is 0.682. The van der Waals surface area contributed by atoms with E-state index in [2.05, 4.69) is 16.1 Å². The lowest BCUT2D eigenvalue weighted by Crippen LogP contribution is -2.00. The van der Waals surface area contributed by atoms with E-state index in [1.807, 2.05) is 0 Å². The molecule has 0 aliphatic heterocycles. The third kappa shape index (κ3) is 4.86. The van der Waals surface area contributed by atoms with E-state index in [9.17, 15) is 9.59 Å². The predicted molar refractivity (Wildman–Crippen MR) is 36.5 cm³/mol. The molecule has 0 aromatic rings. The molecule has 0 spiro atoms. The quantitative estimate of drug-likeness (QED) is 0.381. The molecule has 0 radical (unpaired) electrons. The van der Waals surface area contributed by atoms with Crippen LogP contribution in [0.25, 0.3) is 0 Å². The van der Waals surface area contributed by atoms with E-state index >= 15 is 0 Å². The summed E-state index contributed by atoms with van der Waals surface area (Å²) in [5.41, 5.74) is 0. The predicted octanol–water partition coefficient (Wildman–Crippen LogP) is 1.40. The number of allylic oxidation sites excluding steroid dienone is 1. The second-order valence-electron chi connectivity index (χ2n) is 1.48. The Morgan fingerprint density at radius 1 is 1.25 bits per heavy atom. The summed E-state index contributed by atoms with van der Waals surface area (Å²) in [7, 11) is 0. The van der Waals surface area contributed by atoms with Gasteiger partial charge < -0.3 is 19.7 Å². The largest absolute Gasteiger partial charge is 0.511 e. The molecule has 0 atom stereocenters. The Balaban J connectivity index is 4.13. The molecular formula is C6H6O6. The van der Waals surface area contributed by atoms with Crippen molar-refractivity contribution >= 4 is 12.3 Å². The Bertz CT molecular complexity index is 228. The normalized spacial score (nSPS) is 10.2. The van der Waals surface area contributed by atoms with Gasteiger partial charge in [0.1, 0.15) is 6.26 Å². The molecule has 0 saturated heterocycles. The highest BCUT2D eigenvalue weighted by Crippen LogP contribution is 1.99. The molecule has 0 heterocycles. The van der Waals surface area contributed by atoms with E-state index in [1.54, 1.807) is 0 Å². The molecule has 0 aliphatic rings. The van der Waals surface area contributed by atoms with E-state index in [1.165, 1.54) is 0 Å². The van der Waals surface area contributed by atoms with Gasteiger partial charge in [0.15, 0.2) is 5.76 Å². The second kappa shape index (κ2) is 4.78. The van der Waals surface area contributed by atoms with Crippen molar-refractivity contribution < 1.29 is 29.3 Å². The van der Waals surface area contributed by atoms with Crippen LogP contribution in [0.15, 0.2) is 24.7 Å². The van der Waals surface area contributed by atoms with Gasteiger partial charge in [-0.2, -0.15) is 0 Å². The van der Waals surface area contributed by atoms with Gasteiger partial charge in [0.05, 0.1) is 0 Å². The topological polar surface area (TPSA) is 93.1 Å². The first-order chi connectivity index (χ1) is 5.56. The van der Waals surface area contributed by atoms with Crippen LogP contribution in [0.2, 0.25) is 0 Å². The molecule has 66 valence electrons. The van der Waals surface area contributed by atoms with Gasteiger partial charge in [-0.15, -0.1) is 0 Å². The number of ether oxygens (including phenoxy) is 2. The van der Waals surface area contributed by atoms with Crippen molar-refractivity contribution in [3.63, 3.8) is 0 Å². The average Bonchev–Trinajstić information content (AvgIpc) is 1.97. The highest BCUT2D eigenvalue weighted by Gasteiger charge is 2.01. The highest BCUT2D eigenvalue weighted by molar-refractivity contribution is 5.60. The van der Waals surface area contributed by atoms with Crippen LogP contribution in [0.4, 0.5) is 9.59 Å². The summed E-state index contributed by atoms with van der Waals surface area (Å²) < 4.78 is 7.91. The molecule has 0 aromatic carbocycles. The van der Waals surface area contributed by atoms with E-state index in [0.29, 0.717) is 6.26 Å². The van der Waals surface area contributed by atoms with Crippen LogP contribution in [0.5, 0.6) is 0 Å². The van der Waals surface area contributed by atoms with Crippen molar-refractivity contribution in [2.24, 2.45) is 0 Å². The maximum absolute atomic E-state index is 9.90. The SMILES string of the molecule is C=C/C(=C\OC(=O)O)OC(=O)O. The second-order valence-corrected chi connectivity index (χ2v) is 1.48. The molecule has 6 nitrogen and oxygen atoms in total.